The minimum atomic E-state index is -0.0955. The summed E-state index contributed by atoms with van der Waals surface area (Å²) in [6, 6.07) is 1.95. The molecule has 1 atom stereocenters. The van der Waals surface area contributed by atoms with Gasteiger partial charge in [-0.1, -0.05) is 18.3 Å². The van der Waals surface area contributed by atoms with Crippen LogP contribution in [-0.2, 0) is 17.7 Å². The lowest BCUT2D eigenvalue weighted by molar-refractivity contribution is -0.00489. The van der Waals surface area contributed by atoms with Gasteiger partial charge in [-0.15, -0.1) is 0 Å². The van der Waals surface area contributed by atoms with Crippen LogP contribution < -0.4 is 5.56 Å². The Labute approximate surface area is 121 Å². The van der Waals surface area contributed by atoms with Crippen molar-refractivity contribution in [1.82, 2.24) is 19.5 Å². The lowest BCUT2D eigenvalue weighted by Gasteiger charge is -2.32. The number of aryl methyl sites for hydroxylation is 1. The number of nitrogens with zero attached hydrogens (tertiary/aromatic N) is 4. The minimum absolute atomic E-state index is 0.0955. The van der Waals surface area contributed by atoms with Crippen molar-refractivity contribution in [1.29, 1.82) is 0 Å². The first-order chi connectivity index (χ1) is 9.67. The summed E-state index contributed by atoms with van der Waals surface area (Å²) >= 11 is 1.49. The van der Waals surface area contributed by atoms with Gasteiger partial charge in [0.25, 0.3) is 5.56 Å². The summed E-state index contributed by atoms with van der Waals surface area (Å²) in [7, 11) is 0. The van der Waals surface area contributed by atoms with E-state index in [1.165, 1.54) is 15.9 Å². The van der Waals surface area contributed by atoms with Gasteiger partial charge in [0.2, 0.25) is 4.96 Å². The van der Waals surface area contributed by atoms with Crippen LogP contribution in [-0.4, -0.2) is 45.3 Å². The van der Waals surface area contributed by atoms with E-state index in [-0.39, 0.29) is 5.56 Å². The molecule has 1 aliphatic rings. The molecule has 3 heterocycles. The summed E-state index contributed by atoms with van der Waals surface area (Å²) in [5, 5.41) is 5.20. The first-order valence-corrected chi connectivity index (χ1v) is 7.69. The van der Waals surface area contributed by atoms with Crippen molar-refractivity contribution in [2.24, 2.45) is 0 Å². The van der Waals surface area contributed by atoms with E-state index in [0.29, 0.717) is 17.5 Å². The molecule has 0 bridgehead atoms. The van der Waals surface area contributed by atoms with Crippen molar-refractivity contribution in [2.75, 3.05) is 19.8 Å². The number of hydrogen-bond acceptors (Lipinski definition) is 6. The van der Waals surface area contributed by atoms with Crippen molar-refractivity contribution in [2.45, 2.75) is 32.9 Å². The molecule has 108 valence electrons. The molecular weight excluding hydrogens is 276 g/mol. The third-order valence-corrected chi connectivity index (χ3v) is 4.57. The molecule has 20 heavy (non-hydrogen) atoms. The van der Waals surface area contributed by atoms with Gasteiger partial charge in [0, 0.05) is 25.2 Å². The van der Waals surface area contributed by atoms with E-state index < -0.39 is 0 Å². The van der Waals surface area contributed by atoms with Crippen LogP contribution in [0.25, 0.3) is 4.96 Å². The molecule has 0 aromatic carbocycles. The largest absolute Gasteiger partial charge is 0.379 e. The third-order valence-electron chi connectivity index (χ3n) is 3.51. The molecule has 2 aromatic heterocycles. The standard InChI is InChI=1S/C13H18N4O2S/c1-3-11-15-17-12(18)6-10(14-13(17)20-11)7-16-4-5-19-8-9(16)2/h6,9H,3-5,7-8H2,1-2H3/t9-/m1/s1. The molecule has 0 saturated carbocycles. The molecule has 0 N–H and O–H groups in total. The van der Waals surface area contributed by atoms with Crippen LogP contribution in [0.4, 0.5) is 0 Å². The second-order valence-electron chi connectivity index (χ2n) is 5.02. The molecule has 0 aliphatic carbocycles. The molecule has 3 rings (SSSR count). The molecule has 0 radical (unpaired) electrons. The molecule has 0 spiro atoms. The fourth-order valence-electron chi connectivity index (χ4n) is 2.32. The Morgan fingerprint density at radius 2 is 2.40 bits per heavy atom. The summed E-state index contributed by atoms with van der Waals surface area (Å²) in [6.07, 6.45) is 0.823. The summed E-state index contributed by atoms with van der Waals surface area (Å²) in [4.78, 5) is 19.6. The van der Waals surface area contributed by atoms with E-state index in [2.05, 4.69) is 21.9 Å². The molecule has 1 aliphatic heterocycles. The van der Waals surface area contributed by atoms with E-state index in [4.69, 9.17) is 4.74 Å². The van der Waals surface area contributed by atoms with Gasteiger partial charge in [-0.3, -0.25) is 9.69 Å². The Morgan fingerprint density at radius 1 is 1.55 bits per heavy atom. The normalized spacial score (nSPS) is 20.6. The molecule has 1 fully saturated rings. The molecule has 7 heteroatoms. The van der Waals surface area contributed by atoms with Crippen molar-refractivity contribution in [3.63, 3.8) is 0 Å². The van der Waals surface area contributed by atoms with Crippen LogP contribution in [0.2, 0.25) is 0 Å². The van der Waals surface area contributed by atoms with E-state index >= 15 is 0 Å². The van der Waals surface area contributed by atoms with E-state index in [1.54, 1.807) is 6.07 Å². The van der Waals surface area contributed by atoms with Crippen molar-refractivity contribution < 1.29 is 4.74 Å². The first kappa shape index (κ1) is 13.7. The molecule has 1 saturated heterocycles. The minimum Gasteiger partial charge on any atom is -0.379 e. The predicted molar refractivity (Wildman–Crippen MR) is 77.2 cm³/mol. The average molecular weight is 294 g/mol. The number of rotatable bonds is 3. The Morgan fingerprint density at radius 3 is 3.15 bits per heavy atom. The first-order valence-electron chi connectivity index (χ1n) is 6.88. The van der Waals surface area contributed by atoms with Gasteiger partial charge in [0.05, 0.1) is 18.9 Å². The van der Waals surface area contributed by atoms with Gasteiger partial charge >= 0.3 is 0 Å². The SMILES string of the molecule is CCc1nn2c(=O)cc(CN3CCOC[C@H]3C)nc2s1. The van der Waals surface area contributed by atoms with E-state index in [9.17, 15) is 4.79 Å². The topological polar surface area (TPSA) is 59.7 Å². The van der Waals surface area contributed by atoms with Gasteiger partial charge in [-0.05, 0) is 13.3 Å². The summed E-state index contributed by atoms with van der Waals surface area (Å²) < 4.78 is 6.82. The fraction of sp³-hybridized carbons (Fsp3) is 0.615. The molecule has 0 amide bonds. The van der Waals surface area contributed by atoms with Crippen LogP contribution in [0.1, 0.15) is 24.5 Å². The maximum atomic E-state index is 12.1. The zero-order valence-electron chi connectivity index (χ0n) is 11.7. The van der Waals surface area contributed by atoms with Crippen LogP contribution >= 0.6 is 11.3 Å². The summed E-state index contributed by atoms with van der Waals surface area (Å²) in [5.41, 5.74) is 0.719. The van der Waals surface area contributed by atoms with Gasteiger partial charge in [0.15, 0.2) is 0 Å². The summed E-state index contributed by atoms with van der Waals surface area (Å²) in [5.74, 6) is 0. The van der Waals surface area contributed by atoms with Crippen LogP contribution in [0.15, 0.2) is 10.9 Å². The number of aromatic nitrogens is 3. The molecule has 0 unspecified atom stereocenters. The third kappa shape index (κ3) is 2.61. The maximum absolute atomic E-state index is 12.1. The fourth-order valence-corrected chi connectivity index (χ4v) is 3.18. The van der Waals surface area contributed by atoms with Crippen LogP contribution in [0.3, 0.4) is 0 Å². The van der Waals surface area contributed by atoms with Gasteiger partial charge in [0.1, 0.15) is 5.01 Å². The summed E-state index contributed by atoms with van der Waals surface area (Å²) in [6.45, 7) is 7.21. The lowest BCUT2D eigenvalue weighted by Crippen LogP contribution is -2.43. The Bertz CT molecular complexity index is 666. The second-order valence-corrected chi connectivity index (χ2v) is 6.06. The maximum Gasteiger partial charge on any atom is 0.275 e. The number of fused-ring (bicyclic) bond motifs is 1. The highest BCUT2D eigenvalue weighted by atomic mass is 32.1. The van der Waals surface area contributed by atoms with Crippen molar-refractivity contribution in [3.05, 3.63) is 27.1 Å². The Kier molecular flexibility index (Phi) is 3.82. The van der Waals surface area contributed by atoms with Crippen molar-refractivity contribution in [3.8, 4) is 0 Å². The highest BCUT2D eigenvalue weighted by molar-refractivity contribution is 7.16. The second kappa shape index (κ2) is 5.59. The van der Waals surface area contributed by atoms with E-state index in [1.807, 2.05) is 6.92 Å². The van der Waals surface area contributed by atoms with Crippen LogP contribution in [0.5, 0.6) is 0 Å². The Balaban J connectivity index is 1.90. The van der Waals surface area contributed by atoms with Crippen molar-refractivity contribution >= 4 is 16.3 Å². The van der Waals surface area contributed by atoms with Crippen LogP contribution in [0, 0.1) is 0 Å². The van der Waals surface area contributed by atoms with Gasteiger partial charge in [-0.2, -0.15) is 9.61 Å². The van der Waals surface area contributed by atoms with E-state index in [0.717, 1.165) is 36.9 Å². The van der Waals surface area contributed by atoms with Gasteiger partial charge in [-0.25, -0.2) is 4.98 Å². The highest BCUT2D eigenvalue weighted by Gasteiger charge is 2.20. The number of ether oxygens (including phenoxy) is 1. The van der Waals surface area contributed by atoms with Gasteiger partial charge < -0.3 is 4.74 Å². The quantitative estimate of drug-likeness (QED) is 0.843. The number of morpholine rings is 1. The molecular formula is C13H18N4O2S. The lowest BCUT2D eigenvalue weighted by atomic mass is 10.2. The molecule has 6 nitrogen and oxygen atoms in total. The molecule has 2 aromatic rings. The average Bonchev–Trinajstić information content (AvgIpc) is 2.85. The predicted octanol–water partition coefficient (Wildman–Crippen LogP) is 0.934. The zero-order chi connectivity index (χ0) is 14.1. The number of hydrogen-bond donors (Lipinski definition) is 0. The smallest absolute Gasteiger partial charge is 0.275 e. The zero-order valence-corrected chi connectivity index (χ0v) is 12.5. The monoisotopic (exact) mass is 294 g/mol. The highest BCUT2D eigenvalue weighted by Crippen LogP contribution is 2.14. The Hall–Kier alpha value is -1.31.